The number of pyridine rings is 1. The molecule has 2 aliphatic heterocycles. The van der Waals surface area contributed by atoms with Crippen molar-refractivity contribution in [2.45, 2.75) is 38.3 Å². The van der Waals surface area contributed by atoms with Crippen molar-refractivity contribution >= 4 is 11.6 Å². The largest absolute Gasteiger partial charge is 0.321 e. The molecule has 0 radical (unpaired) electrons. The number of aryl methyl sites for hydroxylation is 1. The fourth-order valence-electron chi connectivity index (χ4n) is 3.80. The Balaban J connectivity index is 1.41. The number of amides is 1. The Bertz CT molecular complexity index is 832. The molecular weight excluding hydrogens is 331 g/mol. The molecule has 2 aromatic rings. The molecule has 0 aliphatic carbocycles. The third-order valence-corrected chi connectivity index (χ3v) is 5.12. The molecule has 1 fully saturated rings. The quantitative estimate of drug-likeness (QED) is 0.924. The molecule has 3 heterocycles. The van der Waals surface area contributed by atoms with E-state index in [0.29, 0.717) is 19.4 Å². The number of aromatic nitrogens is 1. The van der Waals surface area contributed by atoms with Crippen molar-refractivity contribution in [2.24, 2.45) is 5.10 Å². The van der Waals surface area contributed by atoms with Crippen LogP contribution in [0.4, 0.5) is 4.39 Å². The molecule has 0 spiro atoms. The van der Waals surface area contributed by atoms with E-state index in [1.165, 1.54) is 6.07 Å². The highest BCUT2D eigenvalue weighted by Gasteiger charge is 2.34. The van der Waals surface area contributed by atoms with Crippen molar-refractivity contribution in [1.82, 2.24) is 15.3 Å². The van der Waals surface area contributed by atoms with E-state index in [1.807, 2.05) is 30.0 Å². The van der Waals surface area contributed by atoms with Crippen molar-refractivity contribution in [2.75, 3.05) is 6.54 Å². The summed E-state index contributed by atoms with van der Waals surface area (Å²) in [6.45, 7) is 2.53. The highest BCUT2D eigenvalue weighted by molar-refractivity contribution is 6.01. The van der Waals surface area contributed by atoms with Gasteiger partial charge >= 0.3 is 0 Å². The number of rotatable bonds is 3. The Hall–Kier alpha value is -2.76. The summed E-state index contributed by atoms with van der Waals surface area (Å²) in [5, 5.41) is 4.39. The molecule has 1 aromatic carbocycles. The lowest BCUT2D eigenvalue weighted by molar-refractivity contribution is -0.136. The van der Waals surface area contributed by atoms with Crippen molar-refractivity contribution in [3.05, 3.63) is 65.2 Å². The van der Waals surface area contributed by atoms with E-state index in [1.54, 1.807) is 18.5 Å². The number of carbonyl (C=O) groups is 1. The second-order valence-corrected chi connectivity index (χ2v) is 6.98. The average Bonchev–Trinajstić information content (AvgIpc) is 3.11. The minimum absolute atomic E-state index is 0.0788. The predicted molar refractivity (Wildman–Crippen MR) is 97.1 cm³/mol. The molecule has 5 nitrogen and oxygen atoms in total. The van der Waals surface area contributed by atoms with Gasteiger partial charge in [-0.05, 0) is 54.7 Å². The summed E-state index contributed by atoms with van der Waals surface area (Å²) in [6, 6.07) is 8.89. The van der Waals surface area contributed by atoms with E-state index >= 15 is 0 Å². The van der Waals surface area contributed by atoms with Crippen LogP contribution in [0.5, 0.6) is 0 Å². The van der Waals surface area contributed by atoms with Gasteiger partial charge in [-0.1, -0.05) is 6.07 Å². The van der Waals surface area contributed by atoms with Crippen LogP contribution in [0.3, 0.4) is 0 Å². The molecule has 2 aliphatic rings. The van der Waals surface area contributed by atoms with Crippen LogP contribution in [-0.4, -0.2) is 34.2 Å². The zero-order valence-corrected chi connectivity index (χ0v) is 14.7. The molecule has 0 saturated carbocycles. The first-order chi connectivity index (χ1) is 12.6. The average molecular weight is 352 g/mol. The summed E-state index contributed by atoms with van der Waals surface area (Å²) in [4.78, 5) is 18.6. The number of nitrogens with one attached hydrogen (secondary N) is 1. The fraction of sp³-hybridized carbons (Fsp3) is 0.350. The van der Waals surface area contributed by atoms with Gasteiger partial charge in [0.05, 0.1) is 5.71 Å². The Morgan fingerprint density at radius 2 is 2.00 bits per heavy atom. The zero-order valence-electron chi connectivity index (χ0n) is 14.7. The minimum Gasteiger partial charge on any atom is -0.321 e. The predicted octanol–water partition coefficient (Wildman–Crippen LogP) is 2.96. The van der Waals surface area contributed by atoms with Crippen molar-refractivity contribution in [3.8, 4) is 0 Å². The molecule has 2 unspecified atom stereocenters. The van der Waals surface area contributed by atoms with Gasteiger partial charge in [0.2, 0.25) is 5.91 Å². The maximum Gasteiger partial charge on any atom is 0.224 e. The minimum atomic E-state index is -0.234. The van der Waals surface area contributed by atoms with E-state index in [2.05, 4.69) is 15.5 Å². The van der Waals surface area contributed by atoms with Crippen LogP contribution in [0.1, 0.15) is 41.9 Å². The second-order valence-electron chi connectivity index (χ2n) is 6.98. The van der Waals surface area contributed by atoms with Crippen LogP contribution >= 0.6 is 0 Å². The third-order valence-electron chi connectivity index (χ3n) is 5.12. The summed E-state index contributed by atoms with van der Waals surface area (Å²) in [7, 11) is 0. The van der Waals surface area contributed by atoms with Crippen LogP contribution in [0.25, 0.3) is 0 Å². The lowest BCUT2D eigenvalue weighted by Gasteiger charge is -2.35. The smallest absolute Gasteiger partial charge is 0.224 e. The van der Waals surface area contributed by atoms with Crippen molar-refractivity contribution in [3.63, 3.8) is 0 Å². The Labute approximate surface area is 151 Å². The Morgan fingerprint density at radius 3 is 2.73 bits per heavy atom. The molecule has 26 heavy (non-hydrogen) atoms. The standard InChI is InChI=1S/C20H21FN4O/c1-13-8-16(10-17(21)9-13)15-4-7-25(20(26)11-15)19-12-18(23-24-19)14-2-5-22-6-3-14/h2-3,5-6,8-10,15,19,24H,4,7,11-12H2,1H3. The van der Waals surface area contributed by atoms with Gasteiger partial charge in [-0.3, -0.25) is 15.2 Å². The first kappa shape index (κ1) is 16.7. The van der Waals surface area contributed by atoms with Crippen LogP contribution in [0.15, 0.2) is 47.8 Å². The number of piperidine rings is 1. The molecule has 4 rings (SSSR count). The Kier molecular flexibility index (Phi) is 4.41. The maximum absolute atomic E-state index is 13.7. The summed E-state index contributed by atoms with van der Waals surface area (Å²) in [5.74, 6) is -0.0651. The number of carbonyl (C=O) groups excluding carboxylic acids is 1. The normalized spacial score (nSPS) is 22.9. The SMILES string of the molecule is Cc1cc(F)cc(C2CCN(C3CC(c4ccncc4)=NN3)C(=O)C2)c1. The van der Waals surface area contributed by atoms with E-state index < -0.39 is 0 Å². The molecule has 2 atom stereocenters. The number of halogens is 1. The van der Waals surface area contributed by atoms with Crippen LogP contribution in [0, 0.1) is 12.7 Å². The van der Waals surface area contributed by atoms with Crippen molar-refractivity contribution in [1.29, 1.82) is 0 Å². The van der Waals surface area contributed by atoms with Gasteiger partial charge in [0.15, 0.2) is 0 Å². The second kappa shape index (κ2) is 6.86. The summed E-state index contributed by atoms with van der Waals surface area (Å²) in [5.41, 5.74) is 6.86. The first-order valence-electron chi connectivity index (χ1n) is 8.89. The zero-order chi connectivity index (χ0) is 18.1. The van der Waals surface area contributed by atoms with Crippen LogP contribution in [-0.2, 0) is 4.79 Å². The molecule has 1 amide bonds. The lowest BCUT2D eigenvalue weighted by atomic mass is 9.88. The summed E-state index contributed by atoms with van der Waals surface area (Å²) in [6.07, 6.45) is 5.29. The van der Waals surface area contributed by atoms with E-state index in [0.717, 1.165) is 28.8 Å². The van der Waals surface area contributed by atoms with Crippen molar-refractivity contribution < 1.29 is 9.18 Å². The molecule has 6 heteroatoms. The Morgan fingerprint density at radius 1 is 1.19 bits per heavy atom. The number of nitrogens with zero attached hydrogens (tertiary/aromatic N) is 3. The van der Waals surface area contributed by atoms with Gasteiger partial charge in [0, 0.05) is 37.3 Å². The van der Waals surface area contributed by atoms with Crippen LogP contribution < -0.4 is 5.43 Å². The van der Waals surface area contributed by atoms with Gasteiger partial charge in [0.1, 0.15) is 12.0 Å². The first-order valence-corrected chi connectivity index (χ1v) is 8.89. The monoisotopic (exact) mass is 352 g/mol. The fourth-order valence-corrected chi connectivity index (χ4v) is 3.80. The molecule has 134 valence electrons. The van der Waals surface area contributed by atoms with Gasteiger partial charge in [-0.2, -0.15) is 5.10 Å². The van der Waals surface area contributed by atoms with E-state index in [9.17, 15) is 9.18 Å². The highest BCUT2D eigenvalue weighted by atomic mass is 19.1. The molecule has 1 N–H and O–H groups in total. The van der Waals surface area contributed by atoms with Gasteiger partial charge in [-0.15, -0.1) is 0 Å². The summed E-state index contributed by atoms with van der Waals surface area (Å²) >= 11 is 0. The van der Waals surface area contributed by atoms with Crippen LogP contribution in [0.2, 0.25) is 0 Å². The van der Waals surface area contributed by atoms with E-state index in [-0.39, 0.29) is 23.8 Å². The number of likely N-dealkylation sites (tertiary alicyclic amines) is 1. The topological polar surface area (TPSA) is 57.6 Å². The molecular formula is C20H21FN4O. The third kappa shape index (κ3) is 3.31. The summed E-state index contributed by atoms with van der Waals surface area (Å²) < 4.78 is 13.7. The van der Waals surface area contributed by atoms with Gasteiger partial charge in [0.25, 0.3) is 0 Å². The van der Waals surface area contributed by atoms with Gasteiger partial charge in [-0.25, -0.2) is 4.39 Å². The van der Waals surface area contributed by atoms with Gasteiger partial charge < -0.3 is 4.90 Å². The van der Waals surface area contributed by atoms with E-state index in [4.69, 9.17) is 0 Å². The highest BCUT2D eigenvalue weighted by Crippen LogP contribution is 2.31. The lowest BCUT2D eigenvalue weighted by Crippen LogP contribution is -2.49. The molecule has 1 saturated heterocycles. The molecule has 1 aromatic heterocycles. The number of hydrogen-bond acceptors (Lipinski definition) is 4. The number of hydrazone groups is 1. The maximum atomic E-state index is 13.7. The number of hydrogen-bond donors (Lipinski definition) is 1. The number of benzene rings is 1. The molecule has 0 bridgehead atoms.